The highest BCUT2D eigenvalue weighted by molar-refractivity contribution is 7.92. The van der Waals surface area contributed by atoms with Gasteiger partial charge >= 0.3 is 5.97 Å². The third kappa shape index (κ3) is 2.51. The molecule has 0 aliphatic heterocycles. The van der Waals surface area contributed by atoms with Crippen LogP contribution < -0.4 is 0 Å². The summed E-state index contributed by atoms with van der Waals surface area (Å²) in [6.45, 7) is 0. The van der Waals surface area contributed by atoms with E-state index in [4.69, 9.17) is 11.6 Å². The number of halogens is 1. The standard InChI is InChI=1S/C16H13ClO4S/c17-11-6-4-5-10(9-11)13-14(16(18)19)15(13)22(20,21)12-7-2-1-3-8-12/h1-9,13-15H,(H,18,19). The second-order valence-electron chi connectivity index (χ2n) is 5.27. The first-order valence-electron chi connectivity index (χ1n) is 6.70. The molecule has 2 aromatic rings. The van der Waals surface area contributed by atoms with Crippen molar-refractivity contribution in [1.29, 1.82) is 0 Å². The van der Waals surface area contributed by atoms with Gasteiger partial charge in [0.15, 0.2) is 9.84 Å². The third-order valence-electron chi connectivity index (χ3n) is 3.90. The maximum absolute atomic E-state index is 12.7. The molecule has 1 fully saturated rings. The molecule has 6 heteroatoms. The van der Waals surface area contributed by atoms with Gasteiger partial charge in [-0.15, -0.1) is 0 Å². The van der Waals surface area contributed by atoms with E-state index in [2.05, 4.69) is 0 Å². The van der Waals surface area contributed by atoms with Crippen molar-refractivity contribution in [3.8, 4) is 0 Å². The molecule has 0 radical (unpaired) electrons. The first-order chi connectivity index (χ1) is 10.4. The molecule has 4 nitrogen and oxygen atoms in total. The van der Waals surface area contributed by atoms with Gasteiger partial charge < -0.3 is 5.11 Å². The van der Waals surface area contributed by atoms with Crippen molar-refractivity contribution in [1.82, 2.24) is 0 Å². The molecule has 1 N–H and O–H groups in total. The minimum atomic E-state index is -3.69. The summed E-state index contributed by atoms with van der Waals surface area (Å²) in [5.41, 5.74) is 0.643. The fourth-order valence-electron chi connectivity index (χ4n) is 2.84. The second kappa shape index (κ2) is 5.41. The lowest BCUT2D eigenvalue weighted by Gasteiger charge is -2.04. The highest BCUT2D eigenvalue weighted by atomic mass is 35.5. The molecule has 0 bridgehead atoms. The number of carboxylic acid groups (broad SMARTS) is 1. The molecule has 1 aliphatic carbocycles. The highest BCUT2D eigenvalue weighted by Crippen LogP contribution is 2.54. The summed E-state index contributed by atoms with van der Waals surface area (Å²) in [7, 11) is -3.69. The molecule has 0 amide bonds. The van der Waals surface area contributed by atoms with Crippen molar-refractivity contribution in [3.63, 3.8) is 0 Å². The molecule has 3 rings (SSSR count). The topological polar surface area (TPSA) is 71.4 Å². The van der Waals surface area contributed by atoms with Crippen LogP contribution in [0.5, 0.6) is 0 Å². The minimum Gasteiger partial charge on any atom is -0.481 e. The first-order valence-corrected chi connectivity index (χ1v) is 8.62. The van der Waals surface area contributed by atoms with E-state index in [-0.39, 0.29) is 4.90 Å². The zero-order chi connectivity index (χ0) is 15.9. The fourth-order valence-corrected chi connectivity index (χ4v) is 5.18. The number of hydrogen-bond donors (Lipinski definition) is 1. The van der Waals surface area contributed by atoms with Gasteiger partial charge in [-0.1, -0.05) is 41.9 Å². The van der Waals surface area contributed by atoms with Crippen LogP contribution in [0.25, 0.3) is 0 Å². The van der Waals surface area contributed by atoms with E-state index in [9.17, 15) is 18.3 Å². The lowest BCUT2D eigenvalue weighted by Crippen LogP contribution is -2.13. The molecule has 0 heterocycles. The normalized spacial score (nSPS) is 24.0. The molecule has 22 heavy (non-hydrogen) atoms. The summed E-state index contributed by atoms with van der Waals surface area (Å²) in [6, 6.07) is 14.7. The van der Waals surface area contributed by atoms with Crippen LogP contribution in [-0.2, 0) is 14.6 Å². The summed E-state index contributed by atoms with van der Waals surface area (Å²) in [5.74, 6) is -2.61. The monoisotopic (exact) mass is 336 g/mol. The van der Waals surface area contributed by atoms with Gasteiger partial charge in [-0.05, 0) is 29.8 Å². The Kier molecular flexibility index (Phi) is 3.70. The molecular weight excluding hydrogens is 324 g/mol. The van der Waals surface area contributed by atoms with Gasteiger partial charge in [-0.25, -0.2) is 8.42 Å². The molecule has 0 saturated heterocycles. The summed E-state index contributed by atoms with van der Waals surface area (Å²) in [6.07, 6.45) is 0. The zero-order valence-electron chi connectivity index (χ0n) is 11.4. The van der Waals surface area contributed by atoms with Crippen LogP contribution in [-0.4, -0.2) is 24.7 Å². The Morgan fingerprint density at radius 3 is 2.32 bits per heavy atom. The van der Waals surface area contributed by atoms with E-state index < -0.39 is 32.9 Å². The predicted molar refractivity (Wildman–Crippen MR) is 82.7 cm³/mol. The van der Waals surface area contributed by atoms with Crippen LogP contribution in [0.4, 0.5) is 0 Å². The maximum Gasteiger partial charge on any atom is 0.308 e. The van der Waals surface area contributed by atoms with Gasteiger partial charge in [0.1, 0.15) is 0 Å². The first kappa shape index (κ1) is 15.1. The molecule has 1 aliphatic rings. The van der Waals surface area contributed by atoms with Gasteiger partial charge in [-0.3, -0.25) is 4.79 Å². The van der Waals surface area contributed by atoms with Crippen LogP contribution in [0.1, 0.15) is 11.5 Å². The van der Waals surface area contributed by atoms with Gasteiger partial charge in [-0.2, -0.15) is 0 Å². The molecule has 0 spiro atoms. The number of carboxylic acids is 1. The number of hydrogen-bond acceptors (Lipinski definition) is 3. The van der Waals surface area contributed by atoms with E-state index in [0.717, 1.165) is 0 Å². The van der Waals surface area contributed by atoms with Gasteiger partial charge in [0.05, 0.1) is 16.1 Å². The lowest BCUT2D eigenvalue weighted by molar-refractivity contribution is -0.138. The van der Waals surface area contributed by atoms with Crippen molar-refractivity contribution >= 4 is 27.4 Å². The van der Waals surface area contributed by atoms with E-state index in [0.29, 0.717) is 10.6 Å². The fraction of sp³-hybridized carbons (Fsp3) is 0.188. The zero-order valence-corrected chi connectivity index (χ0v) is 13.0. The Morgan fingerprint density at radius 1 is 1.05 bits per heavy atom. The van der Waals surface area contributed by atoms with Gasteiger partial charge in [0.25, 0.3) is 0 Å². The average Bonchev–Trinajstić information content (AvgIpc) is 3.25. The summed E-state index contributed by atoms with van der Waals surface area (Å²) < 4.78 is 25.4. The van der Waals surface area contributed by atoms with E-state index in [1.54, 1.807) is 42.5 Å². The molecular formula is C16H13ClO4S. The molecule has 0 aromatic heterocycles. The number of rotatable bonds is 4. The molecule has 1 saturated carbocycles. The summed E-state index contributed by atoms with van der Waals surface area (Å²) >= 11 is 5.93. The van der Waals surface area contributed by atoms with Crippen LogP contribution in [0.15, 0.2) is 59.5 Å². The van der Waals surface area contributed by atoms with E-state index in [1.165, 1.54) is 12.1 Å². The Morgan fingerprint density at radius 2 is 1.73 bits per heavy atom. The molecule has 114 valence electrons. The maximum atomic E-state index is 12.7. The molecule has 3 unspecified atom stereocenters. The summed E-state index contributed by atoms with van der Waals surface area (Å²) in [5, 5.41) is 8.85. The second-order valence-corrected chi connectivity index (χ2v) is 7.81. The van der Waals surface area contributed by atoms with E-state index >= 15 is 0 Å². The number of benzene rings is 2. The minimum absolute atomic E-state index is 0.149. The smallest absolute Gasteiger partial charge is 0.308 e. The highest BCUT2D eigenvalue weighted by Gasteiger charge is 2.63. The molecule has 2 aromatic carbocycles. The Bertz CT molecular complexity index is 817. The summed E-state index contributed by atoms with van der Waals surface area (Å²) in [4.78, 5) is 11.6. The largest absolute Gasteiger partial charge is 0.481 e. The van der Waals surface area contributed by atoms with Crippen LogP contribution in [0.2, 0.25) is 5.02 Å². The van der Waals surface area contributed by atoms with E-state index in [1.807, 2.05) is 0 Å². The Balaban J connectivity index is 2.01. The number of sulfone groups is 1. The average molecular weight is 337 g/mol. The van der Waals surface area contributed by atoms with Crippen molar-refractivity contribution < 1.29 is 18.3 Å². The lowest BCUT2D eigenvalue weighted by atomic mass is 10.1. The molecule has 3 atom stereocenters. The quantitative estimate of drug-likeness (QED) is 0.931. The van der Waals surface area contributed by atoms with Crippen LogP contribution in [0, 0.1) is 5.92 Å². The number of carbonyl (C=O) groups is 1. The predicted octanol–water partition coefficient (Wildman–Crippen LogP) is 2.98. The van der Waals surface area contributed by atoms with Gasteiger partial charge in [0, 0.05) is 10.9 Å². The van der Waals surface area contributed by atoms with Crippen molar-refractivity contribution in [2.75, 3.05) is 0 Å². The third-order valence-corrected chi connectivity index (χ3v) is 6.37. The van der Waals surface area contributed by atoms with Crippen molar-refractivity contribution in [2.45, 2.75) is 16.1 Å². The SMILES string of the molecule is O=C(O)C1C(c2cccc(Cl)c2)C1S(=O)(=O)c1ccccc1. The number of aliphatic carboxylic acids is 1. The van der Waals surface area contributed by atoms with Crippen LogP contribution >= 0.6 is 11.6 Å². The van der Waals surface area contributed by atoms with Gasteiger partial charge in [0.2, 0.25) is 0 Å². The van der Waals surface area contributed by atoms with Crippen molar-refractivity contribution in [2.24, 2.45) is 5.92 Å². The Hall–Kier alpha value is -1.85. The Labute approximate surface area is 133 Å². The van der Waals surface area contributed by atoms with Crippen molar-refractivity contribution in [3.05, 3.63) is 65.2 Å². The van der Waals surface area contributed by atoms with Crippen LogP contribution in [0.3, 0.4) is 0 Å².